The van der Waals surface area contributed by atoms with Crippen molar-refractivity contribution in [2.75, 3.05) is 12.3 Å². The van der Waals surface area contributed by atoms with Gasteiger partial charge in [0.1, 0.15) is 0 Å². The van der Waals surface area contributed by atoms with E-state index in [0.29, 0.717) is 0 Å². The Kier molecular flexibility index (Phi) is 3.65. The van der Waals surface area contributed by atoms with Gasteiger partial charge in [0.15, 0.2) is 11.6 Å². The highest BCUT2D eigenvalue weighted by Crippen LogP contribution is 2.30. The summed E-state index contributed by atoms with van der Waals surface area (Å²) in [6.07, 6.45) is 1.92. The van der Waals surface area contributed by atoms with E-state index < -0.39 is 17.5 Å². The molecule has 1 aliphatic carbocycles. The zero-order valence-corrected chi connectivity index (χ0v) is 10.2. The summed E-state index contributed by atoms with van der Waals surface area (Å²) in [6, 6.07) is 3.66. The summed E-state index contributed by atoms with van der Waals surface area (Å²) < 4.78 is 26.2. The molecule has 1 fully saturated rings. The van der Waals surface area contributed by atoms with Crippen molar-refractivity contribution in [3.8, 4) is 6.07 Å². The first-order valence-electron chi connectivity index (χ1n) is 5.97. The Morgan fingerprint density at radius 1 is 1.42 bits per heavy atom. The highest BCUT2D eigenvalue weighted by Gasteiger charge is 2.33. The first-order chi connectivity index (χ1) is 9.04. The van der Waals surface area contributed by atoms with E-state index in [-0.39, 0.29) is 30.3 Å². The van der Waals surface area contributed by atoms with Crippen molar-refractivity contribution in [1.82, 2.24) is 4.90 Å². The molecule has 1 amide bonds. The van der Waals surface area contributed by atoms with Gasteiger partial charge in [-0.25, -0.2) is 8.78 Å². The number of anilines is 1. The summed E-state index contributed by atoms with van der Waals surface area (Å²) in [5.74, 6) is -2.63. The minimum atomic E-state index is -1.10. The largest absolute Gasteiger partial charge is 0.398 e. The Labute approximate surface area is 109 Å². The van der Waals surface area contributed by atoms with Gasteiger partial charge in [-0.15, -0.1) is 0 Å². The van der Waals surface area contributed by atoms with Gasteiger partial charge in [-0.05, 0) is 18.9 Å². The zero-order chi connectivity index (χ0) is 14.0. The zero-order valence-electron chi connectivity index (χ0n) is 10.2. The number of hydrogen-bond donors (Lipinski definition) is 1. The summed E-state index contributed by atoms with van der Waals surface area (Å²) in [7, 11) is 0. The number of carbonyl (C=O) groups is 1. The number of hydrogen-bond acceptors (Lipinski definition) is 3. The molecule has 0 atom stereocenters. The molecule has 1 aromatic carbocycles. The second-order valence-electron chi connectivity index (χ2n) is 4.49. The Hall–Kier alpha value is -2.16. The minimum Gasteiger partial charge on any atom is -0.398 e. The maximum atomic E-state index is 13.2. The number of nitriles is 1. The maximum Gasteiger partial charge on any atom is 0.256 e. The fraction of sp³-hybridized carbons (Fsp3) is 0.385. The van der Waals surface area contributed by atoms with E-state index in [0.717, 1.165) is 25.0 Å². The summed E-state index contributed by atoms with van der Waals surface area (Å²) in [6.45, 7) is 0.276. The van der Waals surface area contributed by atoms with Gasteiger partial charge in [0.25, 0.3) is 5.91 Å². The van der Waals surface area contributed by atoms with E-state index >= 15 is 0 Å². The number of amides is 1. The van der Waals surface area contributed by atoms with Crippen molar-refractivity contribution < 1.29 is 13.6 Å². The topological polar surface area (TPSA) is 70.1 Å². The molecule has 2 N–H and O–H groups in total. The highest BCUT2D eigenvalue weighted by molar-refractivity contribution is 5.99. The number of nitrogens with two attached hydrogens (primary N) is 1. The highest BCUT2D eigenvalue weighted by atomic mass is 19.2. The molecule has 2 rings (SSSR count). The van der Waals surface area contributed by atoms with Crippen LogP contribution in [0.5, 0.6) is 0 Å². The Morgan fingerprint density at radius 2 is 2.05 bits per heavy atom. The lowest BCUT2D eigenvalue weighted by Crippen LogP contribution is -2.34. The van der Waals surface area contributed by atoms with Crippen LogP contribution in [0.4, 0.5) is 14.5 Å². The second-order valence-corrected chi connectivity index (χ2v) is 4.49. The number of carbonyl (C=O) groups excluding carboxylic acids is 1. The van der Waals surface area contributed by atoms with E-state index in [2.05, 4.69) is 0 Å². The molecule has 6 heteroatoms. The second kappa shape index (κ2) is 5.22. The molecule has 0 bridgehead atoms. The van der Waals surface area contributed by atoms with Crippen molar-refractivity contribution in [1.29, 1.82) is 5.26 Å². The third kappa shape index (κ3) is 2.81. The first kappa shape index (κ1) is 13.3. The van der Waals surface area contributed by atoms with E-state index in [1.807, 2.05) is 6.07 Å². The quantitative estimate of drug-likeness (QED) is 0.847. The van der Waals surface area contributed by atoms with E-state index in [4.69, 9.17) is 11.0 Å². The molecule has 0 aromatic heterocycles. The Morgan fingerprint density at radius 3 is 2.63 bits per heavy atom. The minimum absolute atomic E-state index is 0.0521. The van der Waals surface area contributed by atoms with Crippen LogP contribution < -0.4 is 5.73 Å². The average molecular weight is 265 g/mol. The molecule has 100 valence electrons. The van der Waals surface area contributed by atoms with Crippen molar-refractivity contribution >= 4 is 11.6 Å². The molecule has 0 spiro atoms. The average Bonchev–Trinajstić information content (AvgIpc) is 3.18. The van der Waals surface area contributed by atoms with Crippen LogP contribution in [0.3, 0.4) is 0 Å². The van der Waals surface area contributed by atoms with Gasteiger partial charge in [0, 0.05) is 24.3 Å². The lowest BCUT2D eigenvalue weighted by atomic mass is 10.1. The molecular weight excluding hydrogens is 252 g/mol. The van der Waals surface area contributed by atoms with Crippen LogP contribution in [-0.2, 0) is 0 Å². The molecule has 1 aromatic rings. The predicted molar refractivity (Wildman–Crippen MR) is 65.1 cm³/mol. The van der Waals surface area contributed by atoms with Crippen molar-refractivity contribution in [3.63, 3.8) is 0 Å². The van der Waals surface area contributed by atoms with E-state index in [1.165, 1.54) is 4.90 Å². The van der Waals surface area contributed by atoms with Gasteiger partial charge in [-0.3, -0.25) is 4.79 Å². The monoisotopic (exact) mass is 265 g/mol. The van der Waals surface area contributed by atoms with Gasteiger partial charge in [-0.1, -0.05) is 0 Å². The lowest BCUT2D eigenvalue weighted by molar-refractivity contribution is 0.0747. The standard InChI is InChI=1S/C13H13F2N3O/c14-10-6-9(12(17)7-11(10)15)13(19)18(5-1-4-16)8-2-3-8/h6-8H,1-3,5,17H2. The number of halogens is 2. The number of benzene rings is 1. The van der Waals surface area contributed by atoms with Crippen molar-refractivity contribution in [2.45, 2.75) is 25.3 Å². The molecule has 0 saturated heterocycles. The third-order valence-corrected chi connectivity index (χ3v) is 3.04. The molecule has 0 aliphatic heterocycles. The molecule has 4 nitrogen and oxygen atoms in total. The Bertz CT molecular complexity index is 550. The molecule has 1 saturated carbocycles. The normalized spacial score (nSPS) is 13.9. The smallest absolute Gasteiger partial charge is 0.256 e. The van der Waals surface area contributed by atoms with Gasteiger partial charge in [0.2, 0.25) is 0 Å². The fourth-order valence-corrected chi connectivity index (χ4v) is 1.91. The fourth-order valence-electron chi connectivity index (χ4n) is 1.91. The van der Waals surface area contributed by atoms with Crippen LogP contribution in [0.1, 0.15) is 29.6 Å². The molecule has 1 aliphatic rings. The van der Waals surface area contributed by atoms with Crippen LogP contribution in [-0.4, -0.2) is 23.4 Å². The number of nitrogen functional groups attached to an aromatic ring is 1. The van der Waals surface area contributed by atoms with Crippen molar-refractivity contribution in [3.05, 3.63) is 29.3 Å². The van der Waals surface area contributed by atoms with Gasteiger partial charge >= 0.3 is 0 Å². The molecular formula is C13H13F2N3O. The maximum absolute atomic E-state index is 13.2. The van der Waals surface area contributed by atoms with Gasteiger partial charge in [0.05, 0.1) is 18.1 Å². The summed E-state index contributed by atoms with van der Waals surface area (Å²) in [5, 5.41) is 8.58. The number of nitrogens with zero attached hydrogens (tertiary/aromatic N) is 2. The third-order valence-electron chi connectivity index (χ3n) is 3.04. The van der Waals surface area contributed by atoms with Crippen LogP contribution in [0.2, 0.25) is 0 Å². The molecule has 0 heterocycles. The molecule has 19 heavy (non-hydrogen) atoms. The predicted octanol–water partition coefficient (Wildman–Crippen LogP) is 2.07. The first-order valence-corrected chi connectivity index (χ1v) is 5.97. The SMILES string of the molecule is N#CCCN(C(=O)c1cc(F)c(F)cc1N)C1CC1. The molecule has 0 unspecified atom stereocenters. The summed E-state index contributed by atoms with van der Waals surface area (Å²) >= 11 is 0. The Balaban J connectivity index is 2.26. The van der Waals surface area contributed by atoms with Gasteiger partial charge < -0.3 is 10.6 Å². The van der Waals surface area contributed by atoms with Crippen molar-refractivity contribution in [2.24, 2.45) is 0 Å². The van der Waals surface area contributed by atoms with Crippen LogP contribution >= 0.6 is 0 Å². The van der Waals surface area contributed by atoms with E-state index in [9.17, 15) is 13.6 Å². The van der Waals surface area contributed by atoms with Crippen LogP contribution in [0.15, 0.2) is 12.1 Å². The number of rotatable bonds is 4. The lowest BCUT2D eigenvalue weighted by Gasteiger charge is -2.22. The summed E-state index contributed by atoms with van der Waals surface area (Å²) in [5.41, 5.74) is 5.42. The molecule has 0 radical (unpaired) electrons. The van der Waals surface area contributed by atoms with Gasteiger partial charge in [-0.2, -0.15) is 5.26 Å². The van der Waals surface area contributed by atoms with Crippen LogP contribution in [0.25, 0.3) is 0 Å². The van der Waals surface area contributed by atoms with Crippen LogP contribution in [0, 0.1) is 23.0 Å². The van der Waals surface area contributed by atoms with E-state index in [1.54, 1.807) is 0 Å². The summed E-state index contributed by atoms with van der Waals surface area (Å²) in [4.78, 5) is 13.8.